The molecule has 0 amide bonds. The molecule has 4 nitrogen and oxygen atoms in total. The van der Waals surface area contributed by atoms with Crippen LogP contribution in [0, 0.1) is 17.2 Å². The number of nitrogens with zero attached hydrogens (tertiary/aromatic N) is 2. The molecule has 1 fully saturated rings. The first-order valence-electron chi connectivity index (χ1n) is 7.72. The normalized spacial score (nSPS) is 16.1. The van der Waals surface area contributed by atoms with E-state index >= 15 is 0 Å². The van der Waals surface area contributed by atoms with Gasteiger partial charge in [0.1, 0.15) is 17.9 Å². The van der Waals surface area contributed by atoms with E-state index in [1.165, 1.54) is 6.20 Å². The first-order chi connectivity index (χ1) is 11.9. The lowest BCUT2D eigenvalue weighted by Crippen LogP contribution is -2.38. The highest BCUT2D eigenvalue weighted by molar-refractivity contribution is 6.31. The Labute approximate surface area is 145 Å². The number of H-pyrrole nitrogens is 1. The van der Waals surface area contributed by atoms with E-state index in [1.54, 1.807) is 18.2 Å². The third kappa shape index (κ3) is 2.76. The van der Waals surface area contributed by atoms with Gasteiger partial charge in [0, 0.05) is 22.1 Å². The number of pyridine rings is 1. The maximum absolute atomic E-state index is 13.4. The molecule has 0 aliphatic heterocycles. The van der Waals surface area contributed by atoms with Crippen molar-refractivity contribution in [1.29, 1.82) is 5.26 Å². The lowest BCUT2D eigenvalue weighted by atomic mass is 10.1. The Bertz CT molecular complexity index is 1010. The molecule has 1 atom stereocenters. The summed E-state index contributed by atoms with van der Waals surface area (Å²) in [5, 5.41) is 13.5. The number of aromatic amines is 1. The minimum absolute atomic E-state index is 0.122. The minimum atomic E-state index is -4.36. The largest absolute Gasteiger partial charge is 0.408 e. The number of anilines is 1. The van der Waals surface area contributed by atoms with E-state index in [9.17, 15) is 18.4 Å². The Kier molecular flexibility index (Phi) is 3.55. The predicted molar refractivity (Wildman–Crippen MR) is 89.5 cm³/mol. The average Bonchev–Trinajstić information content (AvgIpc) is 3.30. The van der Waals surface area contributed by atoms with Crippen molar-refractivity contribution >= 4 is 39.2 Å². The van der Waals surface area contributed by atoms with Crippen molar-refractivity contribution in [2.24, 2.45) is 5.92 Å². The van der Waals surface area contributed by atoms with Crippen LogP contribution < -0.4 is 5.32 Å². The highest BCUT2D eigenvalue weighted by Gasteiger charge is 2.49. The van der Waals surface area contributed by atoms with Crippen molar-refractivity contribution in [3.05, 3.63) is 35.0 Å². The fourth-order valence-corrected chi connectivity index (χ4v) is 3.29. The van der Waals surface area contributed by atoms with E-state index < -0.39 is 18.1 Å². The number of alkyl halides is 3. The van der Waals surface area contributed by atoms with Gasteiger partial charge in [0.05, 0.1) is 16.5 Å². The summed E-state index contributed by atoms with van der Waals surface area (Å²) in [6.07, 6.45) is -2.00. The smallest absolute Gasteiger partial charge is 0.358 e. The molecule has 0 radical (unpaired) electrons. The SMILES string of the molecule is N#Cc1cnc(N[C@H](C2CC2)C(F)(F)F)c2c1[nH]c1cc(Cl)ccc12. The number of benzene rings is 1. The maximum atomic E-state index is 13.4. The number of hydrogen-bond donors (Lipinski definition) is 2. The standard InChI is InChI=1S/C17H12ClF3N4/c18-10-3-4-11-12(5-10)24-14-9(6-22)7-23-16(13(11)14)25-15(8-1-2-8)17(19,20)21/h3-5,7-8,15,24H,1-2H2,(H,23,25)/t15-/m1/s1. The van der Waals surface area contributed by atoms with Crippen LogP contribution in [-0.4, -0.2) is 22.2 Å². The Morgan fingerprint density at radius 3 is 2.76 bits per heavy atom. The van der Waals surface area contributed by atoms with E-state index in [4.69, 9.17) is 11.6 Å². The predicted octanol–water partition coefficient (Wildman–Crippen LogP) is 4.99. The maximum Gasteiger partial charge on any atom is 0.408 e. The first-order valence-corrected chi connectivity index (χ1v) is 8.09. The van der Waals surface area contributed by atoms with Crippen molar-refractivity contribution in [2.75, 3.05) is 5.32 Å². The van der Waals surface area contributed by atoms with Gasteiger partial charge in [-0.2, -0.15) is 18.4 Å². The average molecular weight is 365 g/mol. The summed E-state index contributed by atoms with van der Waals surface area (Å²) in [6.45, 7) is 0. The Morgan fingerprint density at radius 1 is 1.36 bits per heavy atom. The molecule has 3 aromatic rings. The topological polar surface area (TPSA) is 64.5 Å². The summed E-state index contributed by atoms with van der Waals surface area (Å²) >= 11 is 5.99. The molecule has 2 heterocycles. The second-order valence-corrected chi connectivity index (χ2v) is 6.63. The van der Waals surface area contributed by atoms with Gasteiger partial charge in [0.25, 0.3) is 0 Å². The van der Waals surface area contributed by atoms with Crippen LogP contribution in [0.3, 0.4) is 0 Å². The molecule has 1 saturated carbocycles. The Balaban J connectivity index is 1.92. The van der Waals surface area contributed by atoms with E-state index in [1.807, 2.05) is 6.07 Å². The summed E-state index contributed by atoms with van der Waals surface area (Å²) in [4.78, 5) is 7.17. The third-order valence-corrected chi connectivity index (χ3v) is 4.68. The van der Waals surface area contributed by atoms with Crippen LogP contribution in [0.5, 0.6) is 0 Å². The summed E-state index contributed by atoms with van der Waals surface area (Å²) in [6, 6.07) is 5.41. The van der Waals surface area contributed by atoms with Gasteiger partial charge in [-0.25, -0.2) is 4.98 Å². The van der Waals surface area contributed by atoms with Crippen molar-refractivity contribution < 1.29 is 13.2 Å². The fourth-order valence-electron chi connectivity index (χ4n) is 3.11. The summed E-state index contributed by atoms with van der Waals surface area (Å²) < 4.78 is 40.1. The third-order valence-electron chi connectivity index (χ3n) is 4.45. The number of aromatic nitrogens is 2. The number of halogens is 4. The Hall–Kier alpha value is -2.46. The van der Waals surface area contributed by atoms with E-state index in [0.717, 1.165) is 0 Å². The molecule has 4 rings (SSSR count). The van der Waals surface area contributed by atoms with Gasteiger partial charge in [-0.05, 0) is 30.9 Å². The summed E-state index contributed by atoms with van der Waals surface area (Å²) in [5.41, 5.74) is 1.36. The van der Waals surface area contributed by atoms with Gasteiger partial charge in [-0.15, -0.1) is 0 Å². The van der Waals surface area contributed by atoms with E-state index in [2.05, 4.69) is 15.3 Å². The quantitative estimate of drug-likeness (QED) is 0.687. The molecular weight excluding hydrogens is 353 g/mol. The van der Waals surface area contributed by atoms with Crippen LogP contribution in [-0.2, 0) is 0 Å². The zero-order valence-corrected chi connectivity index (χ0v) is 13.5. The molecule has 8 heteroatoms. The molecule has 0 spiro atoms. The van der Waals surface area contributed by atoms with Crippen molar-refractivity contribution in [3.63, 3.8) is 0 Å². The van der Waals surface area contributed by atoms with Crippen LogP contribution in [0.25, 0.3) is 21.8 Å². The molecule has 1 aliphatic carbocycles. The van der Waals surface area contributed by atoms with E-state index in [0.29, 0.717) is 39.7 Å². The molecule has 0 bridgehead atoms. The van der Waals surface area contributed by atoms with Crippen LogP contribution in [0.4, 0.5) is 19.0 Å². The van der Waals surface area contributed by atoms with Crippen molar-refractivity contribution in [3.8, 4) is 6.07 Å². The van der Waals surface area contributed by atoms with Crippen LogP contribution in [0.15, 0.2) is 24.4 Å². The number of fused-ring (bicyclic) bond motifs is 3. The number of nitrogens with one attached hydrogen (secondary N) is 2. The molecule has 2 N–H and O–H groups in total. The van der Waals surface area contributed by atoms with Gasteiger partial charge < -0.3 is 10.3 Å². The van der Waals surface area contributed by atoms with Crippen molar-refractivity contribution in [2.45, 2.75) is 25.1 Å². The lowest BCUT2D eigenvalue weighted by molar-refractivity contribution is -0.146. The van der Waals surface area contributed by atoms with Gasteiger partial charge in [-0.1, -0.05) is 17.7 Å². The second kappa shape index (κ2) is 5.53. The molecule has 2 aromatic heterocycles. The molecule has 0 unspecified atom stereocenters. The highest BCUT2D eigenvalue weighted by atomic mass is 35.5. The molecule has 0 saturated heterocycles. The lowest BCUT2D eigenvalue weighted by Gasteiger charge is -2.22. The number of rotatable bonds is 3. The van der Waals surface area contributed by atoms with Crippen molar-refractivity contribution in [1.82, 2.24) is 9.97 Å². The molecule has 1 aromatic carbocycles. The van der Waals surface area contributed by atoms with Gasteiger partial charge in [-0.3, -0.25) is 0 Å². The van der Waals surface area contributed by atoms with Gasteiger partial charge >= 0.3 is 6.18 Å². The monoisotopic (exact) mass is 364 g/mol. The van der Waals surface area contributed by atoms with Crippen LogP contribution in [0.1, 0.15) is 18.4 Å². The van der Waals surface area contributed by atoms with Gasteiger partial charge in [0.2, 0.25) is 0 Å². The van der Waals surface area contributed by atoms with Crippen LogP contribution >= 0.6 is 11.6 Å². The molecule has 1 aliphatic rings. The number of hydrogen-bond acceptors (Lipinski definition) is 3. The molecular formula is C17H12ClF3N4. The zero-order valence-electron chi connectivity index (χ0n) is 12.8. The number of nitriles is 1. The highest BCUT2D eigenvalue weighted by Crippen LogP contribution is 2.43. The molecule has 128 valence electrons. The fraction of sp³-hybridized carbons (Fsp3) is 0.294. The summed E-state index contributed by atoms with van der Waals surface area (Å²) in [5.74, 6) is -0.316. The zero-order chi connectivity index (χ0) is 17.8. The Morgan fingerprint density at radius 2 is 2.12 bits per heavy atom. The minimum Gasteiger partial charge on any atom is -0.358 e. The second-order valence-electron chi connectivity index (χ2n) is 6.20. The first kappa shape index (κ1) is 16.0. The van der Waals surface area contributed by atoms with Crippen LogP contribution in [0.2, 0.25) is 5.02 Å². The molecule has 25 heavy (non-hydrogen) atoms. The van der Waals surface area contributed by atoms with Gasteiger partial charge in [0.15, 0.2) is 0 Å². The van der Waals surface area contributed by atoms with E-state index in [-0.39, 0.29) is 11.4 Å². The summed E-state index contributed by atoms with van der Waals surface area (Å²) in [7, 11) is 0.